The maximum Gasteiger partial charge on any atom is 0.0951 e. The third kappa shape index (κ3) is 3.41. The van der Waals surface area contributed by atoms with Gasteiger partial charge in [-0.05, 0) is 53.1 Å². The van der Waals surface area contributed by atoms with E-state index in [9.17, 15) is 0 Å². The lowest BCUT2D eigenvalue weighted by molar-refractivity contribution is 0.160. The van der Waals surface area contributed by atoms with Crippen LogP contribution in [-0.2, 0) is 13.1 Å². The van der Waals surface area contributed by atoms with E-state index in [1.165, 1.54) is 49.3 Å². The van der Waals surface area contributed by atoms with Gasteiger partial charge in [0.15, 0.2) is 0 Å². The van der Waals surface area contributed by atoms with Gasteiger partial charge in [0.05, 0.1) is 23.9 Å². The second-order valence-electron chi connectivity index (χ2n) is 7.15. The summed E-state index contributed by atoms with van der Waals surface area (Å²) in [6, 6.07) is 0.546. The molecule has 0 bridgehead atoms. The highest BCUT2D eigenvalue weighted by atomic mass is 15.3. The van der Waals surface area contributed by atoms with Crippen molar-refractivity contribution < 1.29 is 0 Å². The minimum Gasteiger partial charge on any atom is -0.329 e. The van der Waals surface area contributed by atoms with Crippen LogP contribution >= 0.6 is 0 Å². The van der Waals surface area contributed by atoms with Crippen molar-refractivity contribution in [2.24, 2.45) is 0 Å². The summed E-state index contributed by atoms with van der Waals surface area (Å²) >= 11 is 0. The van der Waals surface area contributed by atoms with E-state index >= 15 is 0 Å². The molecule has 24 heavy (non-hydrogen) atoms. The summed E-state index contributed by atoms with van der Waals surface area (Å²) in [6.07, 6.45) is 9.13. The van der Waals surface area contributed by atoms with E-state index < -0.39 is 0 Å². The Morgan fingerprint density at radius 2 is 1.92 bits per heavy atom. The Morgan fingerprint density at radius 3 is 2.62 bits per heavy atom. The van der Waals surface area contributed by atoms with Crippen LogP contribution in [0.15, 0.2) is 12.5 Å². The number of aromatic nitrogens is 4. The average molecular weight is 329 g/mol. The molecule has 1 atom stereocenters. The normalized spacial score (nSPS) is 17.3. The van der Waals surface area contributed by atoms with Crippen molar-refractivity contribution in [2.45, 2.75) is 72.5 Å². The molecule has 0 spiro atoms. The predicted molar refractivity (Wildman–Crippen MR) is 98.1 cm³/mol. The van der Waals surface area contributed by atoms with Gasteiger partial charge >= 0.3 is 0 Å². The zero-order valence-corrected chi connectivity index (χ0v) is 15.6. The average Bonchev–Trinajstić information content (AvgIpc) is 3.13. The molecular formula is C19H31N5. The molecule has 132 valence electrons. The molecule has 1 aliphatic rings. The van der Waals surface area contributed by atoms with Gasteiger partial charge in [0.25, 0.3) is 0 Å². The van der Waals surface area contributed by atoms with Gasteiger partial charge in [-0.25, -0.2) is 4.98 Å². The molecule has 2 aromatic rings. The maximum absolute atomic E-state index is 4.73. The van der Waals surface area contributed by atoms with Gasteiger partial charge in [-0.3, -0.25) is 9.58 Å². The van der Waals surface area contributed by atoms with Crippen LogP contribution in [0.4, 0.5) is 0 Å². The van der Waals surface area contributed by atoms with E-state index in [0.717, 1.165) is 25.2 Å². The van der Waals surface area contributed by atoms with Crippen LogP contribution in [0, 0.1) is 13.8 Å². The molecule has 1 aliphatic heterocycles. The first-order chi connectivity index (χ1) is 11.6. The molecule has 5 heteroatoms. The molecule has 0 aliphatic carbocycles. The Morgan fingerprint density at radius 1 is 1.17 bits per heavy atom. The fraction of sp³-hybridized carbons (Fsp3) is 0.684. The zero-order chi connectivity index (χ0) is 17.1. The van der Waals surface area contributed by atoms with Gasteiger partial charge in [0.2, 0.25) is 0 Å². The molecular weight excluding hydrogens is 298 g/mol. The molecule has 0 radical (unpaired) electrons. The lowest BCUT2D eigenvalue weighted by atomic mass is 10.1. The molecule has 1 saturated heterocycles. The molecule has 0 aromatic carbocycles. The van der Waals surface area contributed by atoms with E-state index in [1.54, 1.807) is 0 Å². The van der Waals surface area contributed by atoms with Crippen molar-refractivity contribution in [3.05, 3.63) is 23.9 Å². The Hall–Kier alpha value is -1.62. The van der Waals surface area contributed by atoms with Crippen LogP contribution in [-0.4, -0.2) is 43.4 Å². The molecule has 2 aromatic heterocycles. The van der Waals surface area contributed by atoms with Crippen molar-refractivity contribution in [3.8, 4) is 11.3 Å². The summed E-state index contributed by atoms with van der Waals surface area (Å²) < 4.78 is 4.45. The second-order valence-corrected chi connectivity index (χ2v) is 7.15. The van der Waals surface area contributed by atoms with Crippen LogP contribution in [0.1, 0.15) is 50.9 Å². The summed E-state index contributed by atoms with van der Waals surface area (Å²) in [6.45, 7) is 13.3. The largest absolute Gasteiger partial charge is 0.329 e. The van der Waals surface area contributed by atoms with E-state index in [-0.39, 0.29) is 0 Å². The van der Waals surface area contributed by atoms with Crippen LogP contribution in [0.3, 0.4) is 0 Å². The predicted octanol–water partition coefficient (Wildman–Crippen LogP) is 3.65. The van der Waals surface area contributed by atoms with Gasteiger partial charge in [0, 0.05) is 30.4 Å². The van der Waals surface area contributed by atoms with Crippen molar-refractivity contribution in [2.75, 3.05) is 13.1 Å². The van der Waals surface area contributed by atoms with Crippen LogP contribution in [0.25, 0.3) is 11.3 Å². The quantitative estimate of drug-likeness (QED) is 0.812. The smallest absolute Gasteiger partial charge is 0.0951 e. The maximum atomic E-state index is 4.73. The Balaban J connectivity index is 1.83. The van der Waals surface area contributed by atoms with Gasteiger partial charge < -0.3 is 4.57 Å². The highest BCUT2D eigenvalue weighted by molar-refractivity contribution is 5.64. The number of nitrogens with zero attached hydrogens (tertiary/aromatic N) is 5. The Labute approximate surface area is 145 Å². The third-order valence-electron chi connectivity index (χ3n) is 5.26. The minimum atomic E-state index is 0.546. The number of imidazole rings is 1. The number of aryl methyl sites for hydroxylation is 2. The van der Waals surface area contributed by atoms with Crippen LogP contribution in [0.2, 0.25) is 0 Å². The van der Waals surface area contributed by atoms with Gasteiger partial charge in [-0.1, -0.05) is 13.3 Å². The molecule has 0 N–H and O–H groups in total. The number of piperidine rings is 1. The van der Waals surface area contributed by atoms with E-state index in [2.05, 4.69) is 46.8 Å². The fourth-order valence-corrected chi connectivity index (χ4v) is 3.93. The number of hydrogen-bond acceptors (Lipinski definition) is 3. The third-order valence-corrected chi connectivity index (χ3v) is 5.26. The summed E-state index contributed by atoms with van der Waals surface area (Å²) in [4.78, 5) is 7.06. The summed E-state index contributed by atoms with van der Waals surface area (Å²) in [5, 5.41) is 4.73. The molecule has 1 unspecified atom stereocenters. The van der Waals surface area contributed by atoms with Crippen LogP contribution < -0.4 is 0 Å². The molecule has 1 fully saturated rings. The first kappa shape index (κ1) is 17.2. The molecule has 0 amide bonds. The van der Waals surface area contributed by atoms with Crippen molar-refractivity contribution >= 4 is 0 Å². The first-order valence-electron chi connectivity index (χ1n) is 9.40. The number of likely N-dealkylation sites (tertiary alicyclic amines) is 1. The van der Waals surface area contributed by atoms with E-state index in [4.69, 9.17) is 5.10 Å². The van der Waals surface area contributed by atoms with Gasteiger partial charge in [-0.15, -0.1) is 0 Å². The molecule has 3 heterocycles. The molecule has 3 rings (SSSR count). The highest BCUT2D eigenvalue weighted by Gasteiger charge is 2.20. The van der Waals surface area contributed by atoms with Crippen molar-refractivity contribution in [1.82, 2.24) is 24.2 Å². The fourth-order valence-electron chi connectivity index (χ4n) is 3.93. The molecule has 0 saturated carbocycles. The van der Waals surface area contributed by atoms with Crippen LogP contribution in [0.5, 0.6) is 0 Å². The van der Waals surface area contributed by atoms with Gasteiger partial charge in [-0.2, -0.15) is 5.10 Å². The lowest BCUT2D eigenvalue weighted by Crippen LogP contribution is -2.39. The topological polar surface area (TPSA) is 38.9 Å². The Bertz CT molecular complexity index is 663. The first-order valence-corrected chi connectivity index (χ1v) is 9.40. The van der Waals surface area contributed by atoms with Gasteiger partial charge in [0.1, 0.15) is 0 Å². The Kier molecular flexibility index (Phi) is 5.39. The summed E-state index contributed by atoms with van der Waals surface area (Å²) in [5.74, 6) is 0. The number of rotatable bonds is 6. The number of hydrogen-bond donors (Lipinski definition) is 0. The van der Waals surface area contributed by atoms with E-state index in [0.29, 0.717) is 6.04 Å². The zero-order valence-electron chi connectivity index (χ0n) is 15.6. The van der Waals surface area contributed by atoms with Crippen molar-refractivity contribution in [3.63, 3.8) is 0 Å². The van der Waals surface area contributed by atoms with Crippen molar-refractivity contribution in [1.29, 1.82) is 0 Å². The van der Waals surface area contributed by atoms with E-state index in [1.807, 2.05) is 12.5 Å². The molecule has 5 nitrogen and oxygen atoms in total. The minimum absolute atomic E-state index is 0.546. The lowest BCUT2D eigenvalue weighted by Gasteiger charge is -2.32. The summed E-state index contributed by atoms with van der Waals surface area (Å²) in [5.41, 5.74) is 4.82. The second kappa shape index (κ2) is 7.51. The highest BCUT2D eigenvalue weighted by Crippen LogP contribution is 2.27. The summed E-state index contributed by atoms with van der Waals surface area (Å²) in [7, 11) is 0. The SMILES string of the molecule is CCCn1nc(C)c(-c2cncn2CC(C)N2CCCCC2)c1C. The monoisotopic (exact) mass is 329 g/mol. The standard InChI is InChI=1S/C19H31N5/c1-5-9-24-17(4)19(16(3)21-24)18-12-20-14-23(18)13-15(2)22-10-7-6-8-11-22/h12,14-15H,5-11,13H2,1-4H3.